The smallest absolute Gasteiger partial charge is 0.148 e. The summed E-state index contributed by atoms with van der Waals surface area (Å²) >= 11 is 0. The Balaban J connectivity index is 1.95. The van der Waals surface area contributed by atoms with Gasteiger partial charge in [-0.3, -0.25) is 4.68 Å². The van der Waals surface area contributed by atoms with E-state index >= 15 is 0 Å². The van der Waals surface area contributed by atoms with E-state index < -0.39 is 0 Å². The third-order valence-electron chi connectivity index (χ3n) is 2.33. The number of hydrazine groups is 1. The molecule has 8 nitrogen and oxygen atoms in total. The SMILES string of the molecule is Cc1c(NN)ncnc1NCCn1ccnn1. The zero-order chi connectivity index (χ0) is 12.1. The number of nitrogens with one attached hydrogen (secondary N) is 2. The predicted molar refractivity (Wildman–Crippen MR) is 63.1 cm³/mol. The lowest BCUT2D eigenvalue weighted by atomic mass is 10.3. The molecule has 0 aliphatic rings. The fourth-order valence-corrected chi connectivity index (χ4v) is 1.41. The lowest BCUT2D eigenvalue weighted by Crippen LogP contribution is -2.15. The van der Waals surface area contributed by atoms with Crippen LogP contribution in [0.15, 0.2) is 18.7 Å². The van der Waals surface area contributed by atoms with Crippen LogP contribution in [0.5, 0.6) is 0 Å². The Hall–Kier alpha value is -2.22. The highest BCUT2D eigenvalue weighted by molar-refractivity contribution is 5.55. The van der Waals surface area contributed by atoms with Crippen LogP contribution in [-0.4, -0.2) is 31.5 Å². The Bertz CT molecular complexity index is 466. The number of aromatic nitrogens is 5. The summed E-state index contributed by atoms with van der Waals surface area (Å²) in [7, 11) is 0. The quantitative estimate of drug-likeness (QED) is 0.484. The van der Waals surface area contributed by atoms with Crippen LogP contribution in [0.4, 0.5) is 11.6 Å². The van der Waals surface area contributed by atoms with Crippen molar-refractivity contribution in [1.29, 1.82) is 0 Å². The molecule has 2 aromatic heterocycles. The number of nitrogens with two attached hydrogens (primary N) is 1. The number of nitrogens with zero attached hydrogens (tertiary/aromatic N) is 5. The highest BCUT2D eigenvalue weighted by Gasteiger charge is 2.04. The number of hydrogen-bond donors (Lipinski definition) is 3. The first-order chi connectivity index (χ1) is 8.31. The van der Waals surface area contributed by atoms with Crippen LogP contribution in [0.2, 0.25) is 0 Å². The molecule has 4 N–H and O–H groups in total. The van der Waals surface area contributed by atoms with E-state index in [1.165, 1.54) is 6.33 Å². The van der Waals surface area contributed by atoms with Crippen molar-refractivity contribution in [2.24, 2.45) is 5.84 Å². The summed E-state index contributed by atoms with van der Waals surface area (Å²) in [5.41, 5.74) is 3.40. The number of nitrogen functional groups attached to an aromatic ring is 1. The Labute approximate surface area is 98.2 Å². The van der Waals surface area contributed by atoms with Crippen LogP contribution in [0, 0.1) is 6.92 Å². The molecule has 17 heavy (non-hydrogen) atoms. The van der Waals surface area contributed by atoms with Crippen molar-refractivity contribution in [2.45, 2.75) is 13.5 Å². The fourth-order valence-electron chi connectivity index (χ4n) is 1.41. The van der Waals surface area contributed by atoms with Crippen LogP contribution in [0.1, 0.15) is 5.56 Å². The van der Waals surface area contributed by atoms with Crippen LogP contribution >= 0.6 is 0 Å². The van der Waals surface area contributed by atoms with Crippen molar-refractivity contribution < 1.29 is 0 Å². The molecule has 0 radical (unpaired) electrons. The molecule has 0 bridgehead atoms. The van der Waals surface area contributed by atoms with Gasteiger partial charge in [0.05, 0.1) is 12.7 Å². The lowest BCUT2D eigenvalue weighted by Gasteiger charge is -2.10. The largest absolute Gasteiger partial charge is 0.368 e. The molecule has 2 heterocycles. The first kappa shape index (κ1) is 11.3. The Morgan fingerprint density at radius 3 is 2.88 bits per heavy atom. The van der Waals surface area contributed by atoms with E-state index in [0.717, 1.165) is 17.9 Å². The highest BCUT2D eigenvalue weighted by atomic mass is 15.4. The molecular weight excluding hydrogens is 220 g/mol. The molecule has 0 amide bonds. The van der Waals surface area contributed by atoms with Gasteiger partial charge in [-0.1, -0.05) is 5.21 Å². The summed E-state index contributed by atoms with van der Waals surface area (Å²) in [5, 5.41) is 10.8. The monoisotopic (exact) mass is 234 g/mol. The topological polar surface area (TPSA) is 107 Å². The van der Waals surface area contributed by atoms with Gasteiger partial charge in [-0.2, -0.15) is 0 Å². The van der Waals surface area contributed by atoms with E-state index in [0.29, 0.717) is 12.4 Å². The number of rotatable bonds is 5. The standard InChI is InChI=1S/C9H14N8/c1-7-8(12-6-13-9(7)15-10)11-2-4-17-5-3-14-16-17/h3,5-6H,2,4,10H2,1H3,(H2,11,12,13,15). The Morgan fingerprint density at radius 2 is 2.18 bits per heavy atom. The molecule has 8 heteroatoms. The molecular formula is C9H14N8. The fraction of sp³-hybridized carbons (Fsp3) is 0.333. The van der Waals surface area contributed by atoms with Crippen molar-refractivity contribution in [3.05, 3.63) is 24.3 Å². The highest BCUT2D eigenvalue weighted by Crippen LogP contribution is 2.16. The predicted octanol–water partition coefficient (Wildman–Crippen LogP) is -0.226. The second kappa shape index (κ2) is 5.21. The van der Waals surface area contributed by atoms with Gasteiger partial charge < -0.3 is 10.7 Å². The number of anilines is 2. The van der Waals surface area contributed by atoms with Crippen LogP contribution in [-0.2, 0) is 6.54 Å². The molecule has 2 aromatic rings. The zero-order valence-corrected chi connectivity index (χ0v) is 9.46. The molecule has 0 aliphatic heterocycles. The normalized spacial score (nSPS) is 10.2. The second-order valence-corrected chi connectivity index (χ2v) is 3.43. The van der Waals surface area contributed by atoms with E-state index in [-0.39, 0.29) is 0 Å². The Kier molecular flexibility index (Phi) is 3.46. The van der Waals surface area contributed by atoms with Gasteiger partial charge in [0.15, 0.2) is 0 Å². The van der Waals surface area contributed by atoms with Crippen molar-refractivity contribution in [3.8, 4) is 0 Å². The average Bonchev–Trinajstić information content (AvgIpc) is 2.84. The summed E-state index contributed by atoms with van der Waals surface area (Å²) in [6, 6.07) is 0. The molecule has 0 saturated heterocycles. The lowest BCUT2D eigenvalue weighted by molar-refractivity contribution is 0.608. The maximum Gasteiger partial charge on any atom is 0.148 e. The molecule has 0 saturated carbocycles. The first-order valence-corrected chi connectivity index (χ1v) is 5.17. The van der Waals surface area contributed by atoms with Crippen LogP contribution in [0.25, 0.3) is 0 Å². The van der Waals surface area contributed by atoms with E-state index in [1.807, 2.05) is 6.92 Å². The molecule has 2 rings (SSSR count). The van der Waals surface area contributed by atoms with E-state index in [4.69, 9.17) is 5.84 Å². The molecule has 0 spiro atoms. The minimum atomic E-state index is 0.614. The van der Waals surface area contributed by atoms with E-state index in [2.05, 4.69) is 31.0 Å². The van der Waals surface area contributed by atoms with Crippen molar-refractivity contribution in [2.75, 3.05) is 17.3 Å². The minimum Gasteiger partial charge on any atom is -0.368 e. The van der Waals surface area contributed by atoms with Crippen molar-refractivity contribution in [1.82, 2.24) is 25.0 Å². The molecule has 0 aromatic carbocycles. The van der Waals surface area contributed by atoms with Gasteiger partial charge in [0.1, 0.15) is 18.0 Å². The maximum absolute atomic E-state index is 5.33. The summed E-state index contributed by atoms with van der Waals surface area (Å²) in [6.07, 6.45) is 4.91. The third kappa shape index (κ3) is 2.67. The first-order valence-electron chi connectivity index (χ1n) is 5.17. The summed E-state index contributed by atoms with van der Waals surface area (Å²) in [4.78, 5) is 8.14. The molecule has 0 aliphatic carbocycles. The van der Waals surface area contributed by atoms with E-state index in [9.17, 15) is 0 Å². The van der Waals surface area contributed by atoms with Gasteiger partial charge in [0, 0.05) is 18.3 Å². The van der Waals surface area contributed by atoms with Gasteiger partial charge in [0.2, 0.25) is 0 Å². The second-order valence-electron chi connectivity index (χ2n) is 3.43. The van der Waals surface area contributed by atoms with Crippen LogP contribution < -0.4 is 16.6 Å². The average molecular weight is 234 g/mol. The van der Waals surface area contributed by atoms with Gasteiger partial charge in [-0.05, 0) is 6.92 Å². The molecule has 0 fully saturated rings. The van der Waals surface area contributed by atoms with Crippen molar-refractivity contribution >= 4 is 11.6 Å². The minimum absolute atomic E-state index is 0.614. The van der Waals surface area contributed by atoms with Gasteiger partial charge in [0.25, 0.3) is 0 Å². The van der Waals surface area contributed by atoms with Crippen molar-refractivity contribution in [3.63, 3.8) is 0 Å². The third-order valence-corrected chi connectivity index (χ3v) is 2.33. The zero-order valence-electron chi connectivity index (χ0n) is 9.46. The summed E-state index contributed by atoms with van der Waals surface area (Å²) < 4.78 is 1.74. The summed E-state index contributed by atoms with van der Waals surface area (Å²) in [6.45, 7) is 3.31. The summed E-state index contributed by atoms with van der Waals surface area (Å²) in [5.74, 6) is 6.71. The number of hydrogen-bond acceptors (Lipinski definition) is 7. The van der Waals surface area contributed by atoms with Gasteiger partial charge in [-0.25, -0.2) is 15.8 Å². The van der Waals surface area contributed by atoms with Gasteiger partial charge >= 0.3 is 0 Å². The maximum atomic E-state index is 5.33. The Morgan fingerprint density at radius 1 is 1.35 bits per heavy atom. The molecule has 0 atom stereocenters. The molecule has 90 valence electrons. The van der Waals surface area contributed by atoms with Gasteiger partial charge in [-0.15, -0.1) is 5.10 Å². The molecule has 0 unspecified atom stereocenters. The van der Waals surface area contributed by atoms with E-state index in [1.54, 1.807) is 17.1 Å². The van der Waals surface area contributed by atoms with Crippen LogP contribution in [0.3, 0.4) is 0 Å².